The molecule has 3 aromatic carbocycles. The Morgan fingerprint density at radius 3 is 2.17 bits per heavy atom. The standard InChI is InChI=1S/C26H23GeNO/c1-27(2,3)19-13-16-23(28-17-19)21-15-14-20(18-9-5-4-6-10-18)25-22-11-7-8-12-24(22)29-26(21)25/h4-17H,1-3H3. The van der Waals surface area contributed by atoms with Gasteiger partial charge in [-0.1, -0.05) is 0 Å². The Balaban J connectivity index is 1.78. The van der Waals surface area contributed by atoms with Crippen LogP contribution in [0.25, 0.3) is 44.3 Å². The van der Waals surface area contributed by atoms with Crippen LogP contribution >= 0.6 is 0 Å². The molecular weight excluding hydrogens is 415 g/mol. The number of para-hydroxylation sites is 1. The van der Waals surface area contributed by atoms with Gasteiger partial charge in [0.25, 0.3) is 0 Å². The summed E-state index contributed by atoms with van der Waals surface area (Å²) in [6.07, 6.45) is 2.06. The summed E-state index contributed by atoms with van der Waals surface area (Å²) in [6.45, 7) is 0. The van der Waals surface area contributed by atoms with Gasteiger partial charge in [0, 0.05) is 0 Å². The van der Waals surface area contributed by atoms with Gasteiger partial charge in [-0.25, -0.2) is 0 Å². The molecule has 29 heavy (non-hydrogen) atoms. The second-order valence-corrected chi connectivity index (χ2v) is 19.2. The van der Waals surface area contributed by atoms with Crippen molar-refractivity contribution in [2.24, 2.45) is 0 Å². The molecule has 0 fully saturated rings. The molecule has 2 nitrogen and oxygen atoms in total. The van der Waals surface area contributed by atoms with Crippen molar-refractivity contribution in [3.8, 4) is 22.4 Å². The van der Waals surface area contributed by atoms with Gasteiger partial charge in [0.15, 0.2) is 0 Å². The van der Waals surface area contributed by atoms with Crippen molar-refractivity contribution in [3.63, 3.8) is 0 Å². The number of aromatic nitrogens is 1. The predicted molar refractivity (Wildman–Crippen MR) is 125 cm³/mol. The SMILES string of the molecule is [CH3][Ge]([CH3])([CH3])[c]1ccc(-c2ccc(-c3ccccc3)c3c2oc2ccccc23)nc1. The molecule has 0 unspecified atom stereocenters. The van der Waals surface area contributed by atoms with Crippen LogP contribution in [0.5, 0.6) is 0 Å². The van der Waals surface area contributed by atoms with Crippen molar-refractivity contribution < 1.29 is 4.42 Å². The van der Waals surface area contributed by atoms with Crippen LogP contribution in [-0.2, 0) is 0 Å². The van der Waals surface area contributed by atoms with E-state index in [2.05, 4.69) is 84.1 Å². The number of pyridine rings is 1. The molecule has 0 spiro atoms. The number of nitrogens with zero attached hydrogens (tertiary/aromatic N) is 1. The molecule has 142 valence electrons. The number of fused-ring (bicyclic) bond motifs is 3. The van der Waals surface area contributed by atoms with Crippen LogP contribution in [0.15, 0.2) is 89.5 Å². The van der Waals surface area contributed by atoms with E-state index in [1.165, 1.54) is 15.5 Å². The first kappa shape index (κ1) is 18.2. The molecule has 0 bridgehead atoms. The van der Waals surface area contributed by atoms with E-state index >= 15 is 0 Å². The third-order valence-corrected chi connectivity index (χ3v) is 9.77. The summed E-state index contributed by atoms with van der Waals surface area (Å²) in [7, 11) is 0. The third kappa shape index (κ3) is 3.18. The van der Waals surface area contributed by atoms with Gasteiger partial charge in [0.2, 0.25) is 0 Å². The predicted octanol–water partition coefficient (Wildman–Crippen LogP) is 6.86. The summed E-state index contributed by atoms with van der Waals surface area (Å²) >= 11 is -1.89. The fraction of sp³-hybridized carbons (Fsp3) is 0.115. The summed E-state index contributed by atoms with van der Waals surface area (Å²) in [5.74, 6) is 7.17. The molecule has 0 amide bonds. The number of benzene rings is 3. The summed E-state index contributed by atoms with van der Waals surface area (Å²) in [5.41, 5.74) is 6.21. The topological polar surface area (TPSA) is 26.0 Å². The van der Waals surface area contributed by atoms with Crippen molar-refractivity contribution >= 4 is 39.6 Å². The molecule has 0 saturated carbocycles. The quantitative estimate of drug-likeness (QED) is 0.288. The monoisotopic (exact) mass is 439 g/mol. The Hall–Kier alpha value is -2.85. The van der Waals surface area contributed by atoms with Gasteiger partial charge in [-0.15, -0.1) is 0 Å². The number of hydrogen-bond acceptors (Lipinski definition) is 2. The molecule has 5 aromatic rings. The minimum absolute atomic E-state index is 0.907. The van der Waals surface area contributed by atoms with E-state index in [4.69, 9.17) is 9.40 Å². The van der Waals surface area contributed by atoms with Crippen LogP contribution in [0.2, 0.25) is 17.3 Å². The molecule has 0 aliphatic heterocycles. The van der Waals surface area contributed by atoms with Crippen molar-refractivity contribution in [1.82, 2.24) is 4.98 Å². The number of hydrogen-bond donors (Lipinski definition) is 0. The van der Waals surface area contributed by atoms with Gasteiger partial charge in [0.05, 0.1) is 0 Å². The molecular formula is C26H23GeNO. The Morgan fingerprint density at radius 1 is 0.724 bits per heavy atom. The van der Waals surface area contributed by atoms with E-state index < -0.39 is 13.3 Å². The molecule has 2 aromatic heterocycles. The van der Waals surface area contributed by atoms with Crippen LogP contribution < -0.4 is 4.40 Å². The fourth-order valence-electron chi connectivity index (χ4n) is 3.89. The molecule has 0 N–H and O–H groups in total. The van der Waals surface area contributed by atoms with E-state index in [0.29, 0.717) is 0 Å². The zero-order valence-corrected chi connectivity index (χ0v) is 19.0. The van der Waals surface area contributed by atoms with Gasteiger partial charge < -0.3 is 0 Å². The summed E-state index contributed by atoms with van der Waals surface area (Å²) < 4.78 is 7.78. The summed E-state index contributed by atoms with van der Waals surface area (Å²) in [6, 6.07) is 27.5. The fourth-order valence-corrected chi connectivity index (χ4v) is 6.06. The van der Waals surface area contributed by atoms with E-state index in [9.17, 15) is 0 Å². The van der Waals surface area contributed by atoms with E-state index in [-0.39, 0.29) is 0 Å². The maximum absolute atomic E-state index is 6.37. The van der Waals surface area contributed by atoms with Crippen LogP contribution in [0, 0.1) is 0 Å². The van der Waals surface area contributed by atoms with Gasteiger partial charge in [-0.05, 0) is 0 Å². The Kier molecular flexibility index (Phi) is 4.32. The molecule has 0 aliphatic rings. The van der Waals surface area contributed by atoms with Gasteiger partial charge in [-0.3, -0.25) is 0 Å². The molecule has 3 heteroatoms. The Labute approximate surface area is 173 Å². The summed E-state index contributed by atoms with van der Waals surface area (Å²) in [4.78, 5) is 4.82. The van der Waals surface area contributed by atoms with Crippen LogP contribution in [0.4, 0.5) is 0 Å². The van der Waals surface area contributed by atoms with Crippen LogP contribution in [-0.4, -0.2) is 18.3 Å². The average Bonchev–Trinajstić information content (AvgIpc) is 3.13. The molecule has 5 rings (SSSR count). The molecule has 0 atom stereocenters. The van der Waals surface area contributed by atoms with E-state index in [0.717, 1.165) is 33.2 Å². The van der Waals surface area contributed by atoms with Gasteiger partial charge in [0.1, 0.15) is 0 Å². The third-order valence-electron chi connectivity index (χ3n) is 5.52. The Bertz CT molecular complexity index is 1310. The first-order valence-corrected chi connectivity index (χ1v) is 17.3. The summed E-state index contributed by atoms with van der Waals surface area (Å²) in [5, 5.41) is 2.30. The van der Waals surface area contributed by atoms with E-state index in [1.54, 1.807) is 0 Å². The normalized spacial score (nSPS) is 12.0. The second-order valence-electron chi connectivity index (χ2n) is 8.51. The van der Waals surface area contributed by atoms with Crippen molar-refractivity contribution in [3.05, 3.63) is 85.1 Å². The number of furan rings is 1. The van der Waals surface area contributed by atoms with E-state index in [1.807, 2.05) is 18.2 Å². The molecule has 2 heterocycles. The first-order valence-electron chi connectivity index (χ1n) is 9.99. The first-order chi connectivity index (χ1) is 14.0. The maximum atomic E-state index is 6.37. The van der Waals surface area contributed by atoms with Gasteiger partial charge in [-0.2, -0.15) is 0 Å². The Morgan fingerprint density at radius 2 is 1.45 bits per heavy atom. The van der Waals surface area contributed by atoms with Crippen LogP contribution in [0.1, 0.15) is 0 Å². The average molecular weight is 438 g/mol. The van der Waals surface area contributed by atoms with Crippen molar-refractivity contribution in [2.45, 2.75) is 17.3 Å². The van der Waals surface area contributed by atoms with Crippen LogP contribution in [0.3, 0.4) is 0 Å². The molecule has 0 radical (unpaired) electrons. The molecule has 0 aliphatic carbocycles. The zero-order valence-electron chi connectivity index (χ0n) is 16.9. The number of rotatable bonds is 3. The second kappa shape index (κ2) is 6.89. The van der Waals surface area contributed by atoms with Gasteiger partial charge >= 0.3 is 174 Å². The minimum atomic E-state index is -1.89. The molecule has 0 saturated heterocycles. The van der Waals surface area contributed by atoms with Crippen molar-refractivity contribution in [2.75, 3.05) is 0 Å². The zero-order chi connectivity index (χ0) is 20.0. The van der Waals surface area contributed by atoms with Crippen molar-refractivity contribution in [1.29, 1.82) is 0 Å².